The zero-order valence-electron chi connectivity index (χ0n) is 12.3. The number of hydrogen-bond acceptors (Lipinski definition) is 2. The number of nitrogens with zero attached hydrogens (tertiary/aromatic N) is 3. The van der Waals surface area contributed by atoms with Crippen LogP contribution < -0.4 is 0 Å². The van der Waals surface area contributed by atoms with Crippen LogP contribution >= 0.6 is 0 Å². The molecule has 1 unspecified atom stereocenters. The lowest BCUT2D eigenvalue weighted by Crippen LogP contribution is -2.11. The van der Waals surface area contributed by atoms with Gasteiger partial charge in [-0.3, -0.25) is 9.67 Å². The van der Waals surface area contributed by atoms with Gasteiger partial charge in [0, 0.05) is 11.8 Å². The van der Waals surface area contributed by atoms with Crippen LogP contribution in [0.25, 0.3) is 11.3 Å². The molecule has 0 saturated carbocycles. The SMILES string of the molecule is [CH2]C(CCC(C)(C)C)n1cc(-c2ccc(F)cn2)cn1. The average Bonchev–Trinajstić information content (AvgIpc) is 2.85. The molecule has 0 spiro atoms. The van der Waals surface area contributed by atoms with E-state index in [-0.39, 0.29) is 11.9 Å². The Labute approximate surface area is 119 Å². The van der Waals surface area contributed by atoms with E-state index in [2.05, 4.69) is 37.8 Å². The summed E-state index contributed by atoms with van der Waals surface area (Å²) in [5, 5.41) is 4.34. The van der Waals surface area contributed by atoms with Crippen LogP contribution in [0, 0.1) is 18.2 Å². The Balaban J connectivity index is 2.06. The number of pyridine rings is 1. The van der Waals surface area contributed by atoms with Gasteiger partial charge in [-0.2, -0.15) is 5.10 Å². The third kappa shape index (κ3) is 3.89. The van der Waals surface area contributed by atoms with Crippen LogP contribution in [0.15, 0.2) is 30.7 Å². The van der Waals surface area contributed by atoms with Crippen LogP contribution in [0.4, 0.5) is 4.39 Å². The van der Waals surface area contributed by atoms with Crippen molar-refractivity contribution in [1.82, 2.24) is 14.8 Å². The van der Waals surface area contributed by atoms with Crippen LogP contribution in [0.2, 0.25) is 0 Å². The predicted octanol–water partition coefficient (Wildman–Crippen LogP) is 4.29. The van der Waals surface area contributed by atoms with E-state index in [0.29, 0.717) is 5.41 Å². The molecule has 3 nitrogen and oxygen atoms in total. The zero-order valence-corrected chi connectivity index (χ0v) is 12.3. The van der Waals surface area contributed by atoms with Crippen molar-refractivity contribution in [3.05, 3.63) is 43.5 Å². The molecule has 2 heterocycles. The summed E-state index contributed by atoms with van der Waals surface area (Å²) >= 11 is 0. The van der Waals surface area contributed by atoms with Crippen molar-refractivity contribution in [3.8, 4) is 11.3 Å². The van der Waals surface area contributed by atoms with Gasteiger partial charge in [-0.25, -0.2) is 4.39 Å². The van der Waals surface area contributed by atoms with Crippen molar-refractivity contribution in [2.45, 2.75) is 39.7 Å². The van der Waals surface area contributed by atoms with Gasteiger partial charge in [0.1, 0.15) is 5.82 Å². The highest BCUT2D eigenvalue weighted by atomic mass is 19.1. The molecule has 2 aromatic rings. The van der Waals surface area contributed by atoms with Crippen LogP contribution in [0.3, 0.4) is 0 Å². The van der Waals surface area contributed by atoms with E-state index in [1.54, 1.807) is 12.3 Å². The first kappa shape index (κ1) is 14.7. The third-order valence-electron chi connectivity index (χ3n) is 3.23. The fourth-order valence-corrected chi connectivity index (χ4v) is 1.95. The summed E-state index contributed by atoms with van der Waals surface area (Å²) in [4.78, 5) is 4.06. The smallest absolute Gasteiger partial charge is 0.141 e. The van der Waals surface area contributed by atoms with E-state index in [0.717, 1.165) is 24.1 Å². The molecule has 1 radical (unpaired) electrons. The highest BCUT2D eigenvalue weighted by Crippen LogP contribution is 2.26. The molecule has 20 heavy (non-hydrogen) atoms. The van der Waals surface area contributed by atoms with Crippen molar-refractivity contribution in [3.63, 3.8) is 0 Å². The van der Waals surface area contributed by atoms with Crippen molar-refractivity contribution < 1.29 is 4.39 Å². The van der Waals surface area contributed by atoms with Crippen LogP contribution in [0.5, 0.6) is 0 Å². The van der Waals surface area contributed by atoms with Crippen molar-refractivity contribution in [2.24, 2.45) is 5.41 Å². The van der Waals surface area contributed by atoms with Crippen molar-refractivity contribution >= 4 is 0 Å². The minimum atomic E-state index is -0.332. The summed E-state index contributed by atoms with van der Waals surface area (Å²) in [5.41, 5.74) is 1.90. The molecule has 1 atom stereocenters. The number of halogens is 1. The normalized spacial score (nSPS) is 13.4. The molecule has 2 aromatic heterocycles. The summed E-state index contributed by atoms with van der Waals surface area (Å²) in [7, 11) is 0. The number of aromatic nitrogens is 3. The molecule has 0 aliphatic rings. The first-order valence-corrected chi connectivity index (χ1v) is 6.84. The molecule has 0 amide bonds. The van der Waals surface area contributed by atoms with Gasteiger partial charge >= 0.3 is 0 Å². The van der Waals surface area contributed by atoms with Gasteiger partial charge in [0.25, 0.3) is 0 Å². The van der Waals surface area contributed by atoms with Gasteiger partial charge in [0.05, 0.1) is 24.1 Å². The Kier molecular flexibility index (Phi) is 4.21. The lowest BCUT2D eigenvalue weighted by molar-refractivity contribution is 0.331. The lowest BCUT2D eigenvalue weighted by atomic mass is 9.89. The number of hydrogen-bond donors (Lipinski definition) is 0. The van der Waals surface area contributed by atoms with Gasteiger partial charge < -0.3 is 0 Å². The standard InChI is InChI=1S/C16H21FN3/c1-12(7-8-16(2,3)4)20-11-13(9-19-20)15-6-5-14(17)10-18-15/h5-6,9-12H,1,7-8H2,2-4H3. The molecular formula is C16H21FN3. The Morgan fingerprint density at radius 3 is 2.65 bits per heavy atom. The average molecular weight is 274 g/mol. The van der Waals surface area contributed by atoms with E-state index < -0.39 is 0 Å². The summed E-state index contributed by atoms with van der Waals surface area (Å²) in [6.07, 6.45) is 6.94. The van der Waals surface area contributed by atoms with E-state index in [9.17, 15) is 4.39 Å². The minimum absolute atomic E-state index is 0.100. The molecule has 0 saturated heterocycles. The van der Waals surface area contributed by atoms with Crippen molar-refractivity contribution in [2.75, 3.05) is 0 Å². The summed E-state index contributed by atoms with van der Waals surface area (Å²) in [6.45, 7) is 10.8. The Morgan fingerprint density at radius 1 is 1.30 bits per heavy atom. The molecule has 0 bridgehead atoms. The quantitative estimate of drug-likeness (QED) is 0.833. The van der Waals surface area contributed by atoms with Gasteiger partial charge in [-0.15, -0.1) is 0 Å². The second kappa shape index (κ2) is 5.73. The van der Waals surface area contributed by atoms with Gasteiger partial charge in [0.2, 0.25) is 0 Å². The first-order valence-electron chi connectivity index (χ1n) is 6.84. The van der Waals surface area contributed by atoms with E-state index in [1.807, 2.05) is 10.9 Å². The van der Waals surface area contributed by atoms with E-state index in [1.165, 1.54) is 12.3 Å². The molecule has 0 aliphatic heterocycles. The highest BCUT2D eigenvalue weighted by molar-refractivity contribution is 5.56. The second-order valence-corrected chi connectivity index (χ2v) is 6.32. The Bertz CT molecular complexity index is 552. The van der Waals surface area contributed by atoms with Crippen LogP contribution in [-0.2, 0) is 0 Å². The Hall–Kier alpha value is -1.71. The molecule has 2 rings (SSSR count). The minimum Gasteiger partial charge on any atom is -0.269 e. The van der Waals surface area contributed by atoms with Gasteiger partial charge in [0.15, 0.2) is 0 Å². The predicted molar refractivity (Wildman–Crippen MR) is 78.5 cm³/mol. The van der Waals surface area contributed by atoms with E-state index in [4.69, 9.17) is 0 Å². The molecule has 107 valence electrons. The van der Waals surface area contributed by atoms with Gasteiger partial charge in [-0.05, 0) is 37.3 Å². The largest absolute Gasteiger partial charge is 0.269 e. The second-order valence-electron chi connectivity index (χ2n) is 6.32. The maximum atomic E-state index is 12.9. The highest BCUT2D eigenvalue weighted by Gasteiger charge is 2.14. The van der Waals surface area contributed by atoms with Gasteiger partial charge in [-0.1, -0.05) is 20.8 Å². The zero-order chi connectivity index (χ0) is 14.8. The first-order chi connectivity index (χ1) is 9.35. The number of rotatable bonds is 4. The molecule has 0 aromatic carbocycles. The van der Waals surface area contributed by atoms with Crippen molar-refractivity contribution in [1.29, 1.82) is 0 Å². The molecule has 4 heteroatoms. The molecule has 0 aliphatic carbocycles. The monoisotopic (exact) mass is 274 g/mol. The molecule has 0 N–H and O–H groups in total. The third-order valence-corrected chi connectivity index (χ3v) is 3.23. The maximum absolute atomic E-state index is 12.9. The topological polar surface area (TPSA) is 30.7 Å². The maximum Gasteiger partial charge on any atom is 0.141 e. The Morgan fingerprint density at radius 2 is 2.05 bits per heavy atom. The summed E-state index contributed by atoms with van der Waals surface area (Å²) < 4.78 is 14.7. The van der Waals surface area contributed by atoms with E-state index >= 15 is 0 Å². The summed E-state index contributed by atoms with van der Waals surface area (Å²) in [5.74, 6) is -0.332. The van der Waals surface area contributed by atoms with Crippen LogP contribution in [-0.4, -0.2) is 14.8 Å². The fraction of sp³-hybridized carbons (Fsp3) is 0.438. The van der Waals surface area contributed by atoms with Crippen LogP contribution in [0.1, 0.15) is 39.7 Å². The molecule has 0 fully saturated rings. The lowest BCUT2D eigenvalue weighted by Gasteiger charge is -2.21. The molecular weight excluding hydrogens is 253 g/mol. The summed E-state index contributed by atoms with van der Waals surface area (Å²) in [6, 6.07) is 3.16. The fourth-order valence-electron chi connectivity index (χ4n) is 1.95.